The number of aliphatic carboxylic acids is 1. The molecule has 1 aliphatic heterocycles. The van der Waals surface area contributed by atoms with E-state index in [0.29, 0.717) is 12.1 Å². The molecule has 6 heteroatoms. The molecule has 0 saturated heterocycles. The summed E-state index contributed by atoms with van der Waals surface area (Å²) in [6.45, 7) is 6.58. The average molecular weight is 379 g/mol. The monoisotopic (exact) mass is 379 g/mol. The third-order valence-electron chi connectivity index (χ3n) is 5.94. The number of para-hydroxylation sites is 2. The van der Waals surface area contributed by atoms with Gasteiger partial charge in [-0.1, -0.05) is 24.3 Å². The fraction of sp³-hybridized carbons (Fsp3) is 0.364. The Morgan fingerprint density at radius 2 is 1.82 bits per heavy atom. The number of aromatic nitrogens is 2. The number of carboxylic acids is 1. The smallest absolute Gasteiger partial charge is 0.330 e. The second kappa shape index (κ2) is 6.26. The van der Waals surface area contributed by atoms with Crippen LogP contribution in [-0.2, 0) is 16.9 Å². The number of nitrogens with zero attached hydrogens (tertiary/aromatic N) is 3. The number of benzene rings is 2. The summed E-state index contributed by atoms with van der Waals surface area (Å²) in [5, 5.41) is 9.70. The lowest BCUT2D eigenvalue weighted by Gasteiger charge is -2.21. The highest BCUT2D eigenvalue weighted by Gasteiger charge is 2.35. The van der Waals surface area contributed by atoms with E-state index in [0.717, 1.165) is 12.1 Å². The number of hydrogen-bond donors (Lipinski definition) is 1. The zero-order chi connectivity index (χ0) is 20.2. The first-order chi connectivity index (χ1) is 13.2. The lowest BCUT2D eigenvalue weighted by atomic mass is 9.96. The minimum Gasteiger partial charge on any atom is -0.480 e. The van der Waals surface area contributed by atoms with Gasteiger partial charge in [-0.05, 0) is 50.1 Å². The van der Waals surface area contributed by atoms with Crippen molar-refractivity contribution in [3.8, 4) is 0 Å². The fourth-order valence-corrected chi connectivity index (χ4v) is 4.44. The minimum absolute atomic E-state index is 0.172. The van der Waals surface area contributed by atoms with Gasteiger partial charge in [-0.25, -0.2) is 9.59 Å². The Balaban J connectivity index is 1.88. The summed E-state index contributed by atoms with van der Waals surface area (Å²) < 4.78 is 3.14. The second-order valence-corrected chi connectivity index (χ2v) is 8.17. The number of likely N-dealkylation sites (N-methyl/N-ethyl adjacent to an activating group) is 1. The normalized spacial score (nSPS) is 16.6. The van der Waals surface area contributed by atoms with Gasteiger partial charge in [0.2, 0.25) is 0 Å². The van der Waals surface area contributed by atoms with E-state index in [2.05, 4.69) is 37.1 Å². The fourth-order valence-electron chi connectivity index (χ4n) is 4.44. The number of fused-ring (bicyclic) bond motifs is 2. The van der Waals surface area contributed by atoms with Crippen LogP contribution in [0, 0.1) is 6.92 Å². The first kappa shape index (κ1) is 18.3. The molecule has 1 N–H and O–H groups in total. The van der Waals surface area contributed by atoms with Gasteiger partial charge in [0.15, 0.2) is 0 Å². The number of hydrogen-bond acceptors (Lipinski definition) is 3. The number of carbonyl (C=O) groups is 1. The van der Waals surface area contributed by atoms with Crippen LogP contribution < -0.4 is 10.6 Å². The maximum Gasteiger partial charge on any atom is 0.330 e. The topological polar surface area (TPSA) is 67.5 Å². The summed E-state index contributed by atoms with van der Waals surface area (Å²) in [7, 11) is 2.07. The maximum atomic E-state index is 13.4. The van der Waals surface area contributed by atoms with Gasteiger partial charge in [0.05, 0.1) is 11.0 Å². The molecule has 146 valence electrons. The summed E-state index contributed by atoms with van der Waals surface area (Å²) >= 11 is 0. The summed E-state index contributed by atoms with van der Waals surface area (Å²) in [4.78, 5) is 27.4. The van der Waals surface area contributed by atoms with E-state index in [4.69, 9.17) is 0 Å². The van der Waals surface area contributed by atoms with E-state index in [9.17, 15) is 14.7 Å². The molecular weight excluding hydrogens is 354 g/mol. The molecule has 6 nitrogen and oxygen atoms in total. The van der Waals surface area contributed by atoms with Crippen LogP contribution in [0.4, 0.5) is 5.69 Å². The van der Waals surface area contributed by atoms with Crippen molar-refractivity contribution >= 4 is 22.7 Å². The van der Waals surface area contributed by atoms with Crippen molar-refractivity contribution in [2.45, 2.75) is 38.8 Å². The number of rotatable bonds is 4. The highest BCUT2D eigenvalue weighted by molar-refractivity contribution is 5.82. The third-order valence-corrected chi connectivity index (χ3v) is 5.94. The molecule has 0 saturated carbocycles. The van der Waals surface area contributed by atoms with E-state index in [-0.39, 0.29) is 11.6 Å². The lowest BCUT2D eigenvalue weighted by molar-refractivity contribution is -0.145. The number of anilines is 1. The second-order valence-electron chi connectivity index (χ2n) is 8.17. The van der Waals surface area contributed by atoms with Crippen LogP contribution in [0.15, 0.2) is 47.3 Å². The molecule has 1 atom stereocenters. The molecule has 28 heavy (non-hydrogen) atoms. The van der Waals surface area contributed by atoms with Gasteiger partial charge in [0.1, 0.15) is 5.54 Å². The molecule has 0 radical (unpaired) electrons. The Morgan fingerprint density at radius 1 is 1.14 bits per heavy atom. The van der Waals surface area contributed by atoms with Crippen LogP contribution in [0.1, 0.15) is 30.9 Å². The summed E-state index contributed by atoms with van der Waals surface area (Å²) in [5.41, 5.74) is 3.50. The summed E-state index contributed by atoms with van der Waals surface area (Å²) in [5.74, 6) is -0.856. The average Bonchev–Trinajstić information content (AvgIpc) is 3.11. The summed E-state index contributed by atoms with van der Waals surface area (Å²) in [6, 6.07) is 13.7. The van der Waals surface area contributed by atoms with E-state index in [1.807, 2.05) is 24.3 Å². The van der Waals surface area contributed by atoms with Crippen LogP contribution in [0.2, 0.25) is 0 Å². The van der Waals surface area contributed by atoms with E-state index in [1.165, 1.54) is 21.4 Å². The van der Waals surface area contributed by atoms with Gasteiger partial charge < -0.3 is 10.0 Å². The van der Waals surface area contributed by atoms with Crippen LogP contribution >= 0.6 is 0 Å². The van der Waals surface area contributed by atoms with Crippen molar-refractivity contribution in [3.05, 3.63) is 64.1 Å². The van der Waals surface area contributed by atoms with Gasteiger partial charge >= 0.3 is 11.7 Å². The summed E-state index contributed by atoms with van der Waals surface area (Å²) in [6.07, 6.45) is 0. The Kier molecular flexibility index (Phi) is 4.10. The quantitative estimate of drug-likeness (QED) is 0.756. The predicted molar refractivity (Wildman–Crippen MR) is 110 cm³/mol. The van der Waals surface area contributed by atoms with Crippen LogP contribution in [0.5, 0.6) is 0 Å². The molecule has 0 amide bonds. The van der Waals surface area contributed by atoms with Crippen molar-refractivity contribution in [3.63, 3.8) is 0 Å². The molecule has 2 heterocycles. The Bertz CT molecular complexity index is 1140. The van der Waals surface area contributed by atoms with Crippen molar-refractivity contribution < 1.29 is 9.90 Å². The maximum absolute atomic E-state index is 13.4. The first-order valence-corrected chi connectivity index (χ1v) is 9.48. The van der Waals surface area contributed by atoms with E-state index >= 15 is 0 Å². The molecule has 0 aliphatic carbocycles. The van der Waals surface area contributed by atoms with Crippen molar-refractivity contribution in [2.24, 2.45) is 0 Å². The van der Waals surface area contributed by atoms with Crippen molar-refractivity contribution in [1.82, 2.24) is 9.13 Å². The lowest BCUT2D eigenvalue weighted by Crippen LogP contribution is -2.43. The Hall–Kier alpha value is -3.02. The van der Waals surface area contributed by atoms with Gasteiger partial charge in [0.25, 0.3) is 0 Å². The number of aryl methyl sites for hydroxylation is 1. The first-order valence-electron chi connectivity index (χ1n) is 9.48. The molecule has 4 rings (SSSR count). The third kappa shape index (κ3) is 2.55. The SMILES string of the molecule is Cc1cccc2c1C(Cn1c(=O)n(C(C)(C)C(=O)O)c3ccccc31)CN2C. The number of imidazole rings is 1. The molecule has 1 unspecified atom stereocenters. The Morgan fingerprint density at radius 3 is 2.50 bits per heavy atom. The molecule has 1 aromatic heterocycles. The number of carboxylic acid groups (broad SMARTS) is 1. The molecule has 3 aromatic rings. The largest absolute Gasteiger partial charge is 0.480 e. The standard InChI is InChI=1S/C22H25N3O3/c1-14-8-7-11-18-19(14)15(12-23(18)4)13-24-16-9-5-6-10-17(16)25(21(24)28)22(2,3)20(26)27/h5-11,15H,12-13H2,1-4H3,(H,26,27). The van der Waals surface area contributed by atoms with E-state index < -0.39 is 11.5 Å². The molecule has 0 fully saturated rings. The molecular formula is C22H25N3O3. The zero-order valence-electron chi connectivity index (χ0n) is 16.6. The van der Waals surface area contributed by atoms with E-state index in [1.54, 1.807) is 18.4 Å². The van der Waals surface area contributed by atoms with Gasteiger partial charge in [-0.3, -0.25) is 9.13 Å². The highest BCUT2D eigenvalue weighted by atomic mass is 16.4. The molecule has 2 aromatic carbocycles. The van der Waals surface area contributed by atoms with Crippen LogP contribution in [-0.4, -0.2) is 33.8 Å². The van der Waals surface area contributed by atoms with Gasteiger partial charge in [-0.2, -0.15) is 0 Å². The van der Waals surface area contributed by atoms with Gasteiger partial charge in [-0.15, -0.1) is 0 Å². The Labute approximate surface area is 163 Å². The van der Waals surface area contributed by atoms with Crippen molar-refractivity contribution in [2.75, 3.05) is 18.5 Å². The highest BCUT2D eigenvalue weighted by Crippen LogP contribution is 2.38. The zero-order valence-corrected chi connectivity index (χ0v) is 16.6. The molecule has 0 spiro atoms. The molecule has 0 bridgehead atoms. The molecule has 1 aliphatic rings. The predicted octanol–water partition coefficient (Wildman–Crippen LogP) is 3.16. The van der Waals surface area contributed by atoms with Gasteiger partial charge in [0, 0.05) is 31.7 Å². The van der Waals surface area contributed by atoms with Crippen LogP contribution in [0.3, 0.4) is 0 Å². The van der Waals surface area contributed by atoms with Crippen molar-refractivity contribution in [1.29, 1.82) is 0 Å². The van der Waals surface area contributed by atoms with Crippen LogP contribution in [0.25, 0.3) is 11.0 Å². The minimum atomic E-state index is -1.33.